The van der Waals surface area contributed by atoms with E-state index in [0.717, 1.165) is 32.1 Å². The summed E-state index contributed by atoms with van der Waals surface area (Å²) >= 11 is 1.30. The van der Waals surface area contributed by atoms with Crippen LogP contribution in [-0.4, -0.2) is 46.2 Å². The average molecular weight is 478 g/mol. The van der Waals surface area contributed by atoms with Gasteiger partial charge in [0, 0.05) is 25.1 Å². The second-order valence-electron chi connectivity index (χ2n) is 8.19. The molecule has 1 aromatic carbocycles. The summed E-state index contributed by atoms with van der Waals surface area (Å²) in [4.78, 5) is 4.63. The third-order valence-electron chi connectivity index (χ3n) is 5.21. The van der Waals surface area contributed by atoms with Crippen molar-refractivity contribution in [3.05, 3.63) is 36.0 Å². The molecule has 1 aliphatic heterocycles. The van der Waals surface area contributed by atoms with Gasteiger partial charge in [0.2, 0.25) is 21.8 Å². The summed E-state index contributed by atoms with van der Waals surface area (Å²) in [5, 5.41) is 12.5. The van der Waals surface area contributed by atoms with Gasteiger partial charge in [0.05, 0.1) is 10.6 Å². The number of nitrogens with zero attached hydrogens (tertiary/aromatic N) is 5. The molecule has 1 fully saturated rings. The molecule has 172 valence electrons. The monoisotopic (exact) mass is 477 g/mol. The van der Waals surface area contributed by atoms with E-state index in [1.807, 2.05) is 0 Å². The number of rotatable bonds is 9. The molecule has 0 N–H and O–H groups in total. The molecule has 1 aliphatic rings. The Morgan fingerprint density at radius 3 is 2.75 bits per heavy atom. The molecule has 11 heteroatoms. The van der Waals surface area contributed by atoms with Gasteiger partial charge in [-0.05, 0) is 43.4 Å². The first-order chi connectivity index (χ1) is 15.4. The maximum atomic E-state index is 13.0. The van der Waals surface area contributed by atoms with E-state index in [1.165, 1.54) is 11.8 Å². The lowest BCUT2D eigenvalue weighted by Crippen LogP contribution is -2.35. The van der Waals surface area contributed by atoms with Gasteiger partial charge >= 0.3 is 0 Å². The zero-order valence-electron chi connectivity index (χ0n) is 18.2. The molecule has 0 unspecified atom stereocenters. The van der Waals surface area contributed by atoms with Crippen LogP contribution in [0.1, 0.15) is 51.2 Å². The zero-order valence-corrected chi connectivity index (χ0v) is 19.9. The van der Waals surface area contributed by atoms with Crippen LogP contribution in [0.5, 0.6) is 0 Å². The number of piperidine rings is 1. The minimum absolute atomic E-state index is 0.240. The molecule has 32 heavy (non-hydrogen) atoms. The van der Waals surface area contributed by atoms with Gasteiger partial charge in [0.15, 0.2) is 5.82 Å². The molecule has 2 aromatic heterocycles. The van der Waals surface area contributed by atoms with E-state index in [9.17, 15) is 8.42 Å². The predicted octanol–water partition coefficient (Wildman–Crippen LogP) is 4.18. The van der Waals surface area contributed by atoms with Crippen molar-refractivity contribution < 1.29 is 17.4 Å². The van der Waals surface area contributed by atoms with Crippen molar-refractivity contribution in [2.45, 2.75) is 61.8 Å². The first-order valence-corrected chi connectivity index (χ1v) is 13.2. The molecule has 0 saturated carbocycles. The molecule has 3 heterocycles. The number of hydrogen-bond acceptors (Lipinski definition) is 9. The van der Waals surface area contributed by atoms with Gasteiger partial charge in [-0.3, -0.25) is 0 Å². The number of sulfonamides is 1. The summed E-state index contributed by atoms with van der Waals surface area (Å²) < 4.78 is 38.5. The molecule has 0 amide bonds. The van der Waals surface area contributed by atoms with Crippen LogP contribution in [-0.2, 0) is 22.2 Å². The minimum atomic E-state index is -3.53. The summed E-state index contributed by atoms with van der Waals surface area (Å²) in [5.41, 5.74) is 0.566. The van der Waals surface area contributed by atoms with Crippen LogP contribution in [0, 0.1) is 5.92 Å². The highest BCUT2D eigenvalue weighted by Crippen LogP contribution is 2.28. The van der Waals surface area contributed by atoms with E-state index in [0.29, 0.717) is 47.3 Å². The minimum Gasteiger partial charge on any atom is -0.411 e. The van der Waals surface area contributed by atoms with Gasteiger partial charge < -0.3 is 8.94 Å². The molecule has 0 bridgehead atoms. The number of aromatic nitrogens is 4. The maximum absolute atomic E-state index is 13.0. The highest BCUT2D eigenvalue weighted by Gasteiger charge is 2.26. The fourth-order valence-corrected chi connectivity index (χ4v) is 5.58. The van der Waals surface area contributed by atoms with Gasteiger partial charge in [-0.1, -0.05) is 43.3 Å². The molecular formula is C21H27N5O4S2. The van der Waals surface area contributed by atoms with E-state index >= 15 is 0 Å². The van der Waals surface area contributed by atoms with E-state index in [2.05, 4.69) is 34.2 Å². The summed E-state index contributed by atoms with van der Waals surface area (Å²) in [6.45, 7) is 5.43. The molecule has 0 atom stereocenters. The summed E-state index contributed by atoms with van der Waals surface area (Å²) in [6, 6.07) is 6.65. The molecule has 0 spiro atoms. The normalized spacial score (nSPS) is 15.5. The van der Waals surface area contributed by atoms with Crippen LogP contribution in [0.15, 0.2) is 43.3 Å². The maximum Gasteiger partial charge on any atom is 0.277 e. The number of hydrogen-bond donors (Lipinski definition) is 0. The van der Waals surface area contributed by atoms with Gasteiger partial charge in [0.25, 0.3) is 5.22 Å². The highest BCUT2D eigenvalue weighted by molar-refractivity contribution is 7.98. The van der Waals surface area contributed by atoms with E-state index in [1.54, 1.807) is 28.6 Å². The van der Waals surface area contributed by atoms with Crippen molar-refractivity contribution in [2.24, 2.45) is 5.92 Å². The quantitative estimate of drug-likeness (QED) is 0.419. The van der Waals surface area contributed by atoms with Crippen LogP contribution in [0.3, 0.4) is 0 Å². The Labute approximate surface area is 192 Å². The van der Waals surface area contributed by atoms with E-state index in [4.69, 9.17) is 8.94 Å². The largest absolute Gasteiger partial charge is 0.411 e. The fraction of sp³-hybridized carbons (Fsp3) is 0.524. The molecule has 1 saturated heterocycles. The fourth-order valence-electron chi connectivity index (χ4n) is 3.42. The van der Waals surface area contributed by atoms with Crippen molar-refractivity contribution in [1.82, 2.24) is 24.6 Å². The Morgan fingerprint density at radius 1 is 1.16 bits per heavy atom. The highest BCUT2D eigenvalue weighted by atomic mass is 32.2. The van der Waals surface area contributed by atoms with Crippen molar-refractivity contribution in [2.75, 3.05) is 13.1 Å². The molecular weight excluding hydrogens is 450 g/mol. The lowest BCUT2D eigenvalue weighted by Gasteiger charge is -2.25. The molecule has 0 radical (unpaired) electrons. The summed E-state index contributed by atoms with van der Waals surface area (Å²) in [6.07, 6.45) is 4.64. The van der Waals surface area contributed by atoms with Crippen LogP contribution in [0.25, 0.3) is 11.5 Å². The Morgan fingerprint density at radius 2 is 1.97 bits per heavy atom. The van der Waals surface area contributed by atoms with Crippen LogP contribution >= 0.6 is 11.8 Å². The summed E-state index contributed by atoms with van der Waals surface area (Å²) in [5.74, 6) is 2.47. The average Bonchev–Trinajstić information content (AvgIpc) is 3.46. The van der Waals surface area contributed by atoms with Gasteiger partial charge in [0.1, 0.15) is 0 Å². The topological polar surface area (TPSA) is 115 Å². The van der Waals surface area contributed by atoms with Crippen molar-refractivity contribution in [1.29, 1.82) is 0 Å². The van der Waals surface area contributed by atoms with Crippen LogP contribution in [0.2, 0.25) is 0 Å². The molecule has 4 rings (SSSR count). The zero-order chi connectivity index (χ0) is 22.6. The van der Waals surface area contributed by atoms with E-state index < -0.39 is 10.0 Å². The number of thioether (sulfide) groups is 1. The summed E-state index contributed by atoms with van der Waals surface area (Å²) in [7, 11) is -3.53. The second kappa shape index (κ2) is 10.1. The SMILES string of the molecule is CC(C)CCc1noc(CSc2nnc(-c3cccc(S(=O)(=O)N4CCCCC4)c3)o2)n1. The van der Waals surface area contributed by atoms with E-state index in [-0.39, 0.29) is 10.8 Å². The standard InChI is InChI=1S/C21H27N5O4S2/c1-15(2)9-10-18-22-19(30-25-18)14-31-21-24-23-20(29-21)16-7-6-8-17(13-16)32(27,28)26-11-4-3-5-12-26/h6-8,13,15H,3-5,9-12,14H2,1-2H3. The van der Waals surface area contributed by atoms with Crippen molar-refractivity contribution in [3.63, 3.8) is 0 Å². The first-order valence-electron chi connectivity index (χ1n) is 10.8. The van der Waals surface area contributed by atoms with Gasteiger partial charge in [-0.15, -0.1) is 10.2 Å². The Kier molecular flexibility index (Phi) is 7.27. The predicted molar refractivity (Wildman–Crippen MR) is 119 cm³/mol. The molecule has 3 aromatic rings. The lowest BCUT2D eigenvalue weighted by molar-refractivity contribution is 0.346. The van der Waals surface area contributed by atoms with Gasteiger partial charge in [-0.25, -0.2) is 8.42 Å². The molecule has 9 nitrogen and oxygen atoms in total. The Balaban J connectivity index is 1.41. The third-order valence-corrected chi connectivity index (χ3v) is 7.91. The number of aryl methyl sites for hydroxylation is 1. The third kappa shape index (κ3) is 5.57. The first kappa shape index (κ1) is 22.9. The Bertz CT molecular complexity index is 1140. The second-order valence-corrected chi connectivity index (χ2v) is 11.1. The van der Waals surface area contributed by atoms with Gasteiger partial charge in [-0.2, -0.15) is 9.29 Å². The van der Waals surface area contributed by atoms with Crippen LogP contribution < -0.4 is 0 Å². The lowest BCUT2D eigenvalue weighted by atomic mass is 10.1. The van der Waals surface area contributed by atoms with Crippen LogP contribution in [0.4, 0.5) is 0 Å². The number of benzene rings is 1. The smallest absolute Gasteiger partial charge is 0.277 e. The van der Waals surface area contributed by atoms with Crippen molar-refractivity contribution >= 4 is 21.8 Å². The molecule has 0 aliphatic carbocycles. The van der Waals surface area contributed by atoms with Crippen molar-refractivity contribution in [3.8, 4) is 11.5 Å². The Hall–Kier alpha value is -2.24.